The molecule has 1 aliphatic heterocycles. The normalized spacial score (nSPS) is 22.9. The molecule has 3 amide bonds. The molecule has 1 saturated heterocycles. The fourth-order valence-electron chi connectivity index (χ4n) is 1.86. The van der Waals surface area contributed by atoms with E-state index in [0.29, 0.717) is 5.75 Å². The highest BCUT2D eigenvalue weighted by Gasteiger charge is 2.66. The van der Waals surface area contributed by atoms with Gasteiger partial charge in [-0.05, 0) is 17.7 Å². The van der Waals surface area contributed by atoms with Gasteiger partial charge in [0.1, 0.15) is 5.75 Å². The molecule has 5 nitrogen and oxygen atoms in total. The van der Waals surface area contributed by atoms with Gasteiger partial charge >= 0.3 is 12.2 Å². The molecule has 0 unspecified atom stereocenters. The number of hydrogen-bond donors (Lipinski definition) is 2. The predicted octanol–water partition coefficient (Wildman–Crippen LogP) is 1.29. The van der Waals surface area contributed by atoms with Crippen LogP contribution in [-0.4, -0.2) is 25.2 Å². The van der Waals surface area contributed by atoms with Crippen molar-refractivity contribution in [1.82, 2.24) is 10.6 Å². The number of carbonyl (C=O) groups is 2. The van der Waals surface area contributed by atoms with Crippen molar-refractivity contribution >= 4 is 11.9 Å². The average molecular weight is 274 g/mol. The van der Waals surface area contributed by atoms with Crippen LogP contribution in [0.5, 0.6) is 5.75 Å². The van der Waals surface area contributed by atoms with Gasteiger partial charge in [0.25, 0.3) is 5.91 Å². The molecule has 1 aliphatic rings. The average Bonchev–Trinajstić information content (AvgIpc) is 2.65. The van der Waals surface area contributed by atoms with E-state index in [1.165, 1.54) is 19.2 Å². The SMILES string of the molecule is COc1ccc([C@]2(C(F)(F)F)NC(=O)NC2=O)cc1. The van der Waals surface area contributed by atoms with E-state index in [1.54, 1.807) is 10.6 Å². The van der Waals surface area contributed by atoms with E-state index >= 15 is 0 Å². The summed E-state index contributed by atoms with van der Waals surface area (Å²) in [7, 11) is 1.36. The third-order valence-electron chi connectivity index (χ3n) is 2.82. The van der Waals surface area contributed by atoms with Crippen LogP contribution in [0.25, 0.3) is 0 Å². The van der Waals surface area contributed by atoms with E-state index in [2.05, 4.69) is 0 Å². The standard InChI is InChI=1S/C11H9F3N2O3/c1-19-7-4-2-6(3-5-7)10(11(12,13)14)8(17)15-9(18)16-10/h2-5H,1H3,(H2,15,16,17,18)/t10-/m0/s1. The van der Waals surface area contributed by atoms with E-state index in [1.807, 2.05) is 0 Å². The Labute approximate surface area is 105 Å². The molecule has 1 aromatic carbocycles. The summed E-state index contributed by atoms with van der Waals surface area (Å²) in [6.45, 7) is 0. The largest absolute Gasteiger partial charge is 0.497 e. The predicted molar refractivity (Wildman–Crippen MR) is 57.4 cm³/mol. The lowest BCUT2D eigenvalue weighted by atomic mass is 9.89. The summed E-state index contributed by atoms with van der Waals surface area (Å²) in [5, 5.41) is 3.25. The number of nitrogens with one attached hydrogen (secondary N) is 2. The van der Waals surface area contributed by atoms with Gasteiger partial charge in [0.2, 0.25) is 5.54 Å². The zero-order chi connectivity index (χ0) is 14.3. The van der Waals surface area contributed by atoms with Gasteiger partial charge in [-0.15, -0.1) is 0 Å². The Hall–Kier alpha value is -2.25. The lowest BCUT2D eigenvalue weighted by molar-refractivity contribution is -0.195. The van der Waals surface area contributed by atoms with Crippen molar-refractivity contribution in [3.8, 4) is 5.75 Å². The molecule has 0 bridgehead atoms. The van der Waals surface area contributed by atoms with Gasteiger partial charge in [0.15, 0.2) is 0 Å². The van der Waals surface area contributed by atoms with Crippen LogP contribution in [0.2, 0.25) is 0 Å². The maximum Gasteiger partial charge on any atom is 0.425 e. The Balaban J connectivity index is 2.55. The molecule has 2 N–H and O–H groups in total. The smallest absolute Gasteiger partial charge is 0.425 e. The quantitative estimate of drug-likeness (QED) is 0.799. The Bertz CT molecular complexity index is 527. The van der Waals surface area contributed by atoms with Crippen molar-refractivity contribution < 1.29 is 27.5 Å². The Morgan fingerprint density at radius 1 is 1.16 bits per heavy atom. The summed E-state index contributed by atoms with van der Waals surface area (Å²) in [5.74, 6) is -1.11. The second-order valence-corrected chi connectivity index (χ2v) is 3.88. The minimum atomic E-state index is -4.96. The molecule has 0 saturated carbocycles. The molecule has 1 fully saturated rings. The second kappa shape index (κ2) is 4.15. The highest BCUT2D eigenvalue weighted by Crippen LogP contribution is 2.41. The van der Waals surface area contributed by atoms with Gasteiger partial charge in [0, 0.05) is 0 Å². The maximum absolute atomic E-state index is 13.2. The first-order valence-electron chi connectivity index (χ1n) is 5.16. The molecule has 19 heavy (non-hydrogen) atoms. The van der Waals surface area contributed by atoms with Crippen LogP contribution in [0.4, 0.5) is 18.0 Å². The Morgan fingerprint density at radius 2 is 1.74 bits per heavy atom. The number of methoxy groups -OCH3 is 1. The lowest BCUT2D eigenvalue weighted by Gasteiger charge is -2.28. The van der Waals surface area contributed by atoms with E-state index in [4.69, 9.17) is 4.74 Å². The number of urea groups is 1. The molecule has 2 rings (SSSR count). The van der Waals surface area contributed by atoms with Crippen molar-refractivity contribution in [3.05, 3.63) is 29.8 Å². The topological polar surface area (TPSA) is 67.4 Å². The number of carbonyl (C=O) groups excluding carboxylic acids is 2. The number of halogens is 3. The van der Waals surface area contributed by atoms with Gasteiger partial charge in [-0.25, -0.2) is 4.79 Å². The van der Waals surface area contributed by atoms with Gasteiger partial charge in [-0.3, -0.25) is 10.1 Å². The van der Waals surface area contributed by atoms with Gasteiger partial charge in [-0.1, -0.05) is 12.1 Å². The minimum absolute atomic E-state index is 0.339. The van der Waals surface area contributed by atoms with Crippen LogP contribution in [0, 0.1) is 0 Å². The van der Waals surface area contributed by atoms with Gasteiger partial charge in [0.05, 0.1) is 7.11 Å². The molecule has 0 radical (unpaired) electrons. The Morgan fingerprint density at radius 3 is 2.11 bits per heavy atom. The van der Waals surface area contributed by atoms with Crippen LogP contribution in [0.15, 0.2) is 24.3 Å². The molecule has 0 aliphatic carbocycles. The molecule has 1 atom stereocenters. The number of ether oxygens (including phenoxy) is 1. The van der Waals surface area contributed by atoms with E-state index < -0.39 is 23.7 Å². The molecule has 102 valence electrons. The Kier molecular flexibility index (Phi) is 2.88. The highest BCUT2D eigenvalue weighted by atomic mass is 19.4. The first-order valence-corrected chi connectivity index (χ1v) is 5.16. The lowest BCUT2D eigenvalue weighted by Crippen LogP contribution is -2.55. The molecule has 1 heterocycles. The summed E-state index contributed by atoms with van der Waals surface area (Å²) < 4.78 is 44.4. The zero-order valence-corrected chi connectivity index (χ0v) is 9.67. The third-order valence-corrected chi connectivity index (χ3v) is 2.82. The van der Waals surface area contributed by atoms with Crippen molar-refractivity contribution in [3.63, 3.8) is 0 Å². The van der Waals surface area contributed by atoms with Gasteiger partial charge in [-0.2, -0.15) is 13.2 Å². The van der Waals surface area contributed by atoms with Crippen molar-refractivity contribution in [2.24, 2.45) is 0 Å². The highest BCUT2D eigenvalue weighted by molar-refractivity contribution is 6.08. The molecular weight excluding hydrogens is 265 g/mol. The third kappa shape index (κ3) is 1.88. The van der Waals surface area contributed by atoms with Crippen LogP contribution in [0.3, 0.4) is 0 Å². The minimum Gasteiger partial charge on any atom is -0.497 e. The molecule has 1 aromatic rings. The summed E-state index contributed by atoms with van der Waals surface area (Å²) >= 11 is 0. The number of amides is 3. The summed E-state index contributed by atoms with van der Waals surface area (Å²) in [6, 6.07) is 3.54. The molecular formula is C11H9F3N2O3. The molecule has 0 spiro atoms. The fourth-order valence-corrected chi connectivity index (χ4v) is 1.86. The number of alkyl halides is 3. The van der Waals surface area contributed by atoms with Crippen LogP contribution in [-0.2, 0) is 10.3 Å². The molecule has 8 heteroatoms. The fraction of sp³-hybridized carbons (Fsp3) is 0.273. The van der Waals surface area contributed by atoms with E-state index in [9.17, 15) is 22.8 Å². The van der Waals surface area contributed by atoms with Crippen LogP contribution >= 0.6 is 0 Å². The number of rotatable bonds is 2. The second-order valence-electron chi connectivity index (χ2n) is 3.88. The summed E-state index contributed by atoms with van der Waals surface area (Å²) in [5.41, 5.74) is -3.44. The zero-order valence-electron chi connectivity index (χ0n) is 9.67. The van der Waals surface area contributed by atoms with Crippen molar-refractivity contribution in [2.45, 2.75) is 11.7 Å². The number of benzene rings is 1. The first-order chi connectivity index (χ1) is 8.81. The maximum atomic E-state index is 13.2. The monoisotopic (exact) mass is 274 g/mol. The summed E-state index contributed by atoms with van der Waals surface area (Å²) in [4.78, 5) is 22.6. The van der Waals surface area contributed by atoms with E-state index in [-0.39, 0.29) is 5.56 Å². The van der Waals surface area contributed by atoms with Gasteiger partial charge < -0.3 is 10.1 Å². The number of hydrogen-bond acceptors (Lipinski definition) is 3. The molecule has 0 aromatic heterocycles. The van der Waals surface area contributed by atoms with Crippen molar-refractivity contribution in [2.75, 3.05) is 7.11 Å². The number of imide groups is 1. The van der Waals surface area contributed by atoms with Crippen molar-refractivity contribution in [1.29, 1.82) is 0 Å². The van der Waals surface area contributed by atoms with E-state index in [0.717, 1.165) is 12.1 Å². The van der Waals surface area contributed by atoms with Crippen LogP contribution in [0.1, 0.15) is 5.56 Å². The first kappa shape index (κ1) is 13.2. The van der Waals surface area contributed by atoms with Crippen LogP contribution < -0.4 is 15.4 Å². The summed E-state index contributed by atoms with van der Waals surface area (Å²) in [6.07, 6.45) is -4.96.